The molecule has 0 bridgehead atoms. The molecule has 2 aromatic carbocycles. The Morgan fingerprint density at radius 2 is 1.92 bits per heavy atom. The second kappa shape index (κ2) is 6.97. The number of hydrogen-bond acceptors (Lipinski definition) is 3. The molecule has 0 aliphatic heterocycles. The summed E-state index contributed by atoms with van der Waals surface area (Å²) in [6, 6.07) is 14.6. The Hall–Kier alpha value is -2.82. The molecule has 1 N–H and O–H groups in total. The van der Waals surface area contributed by atoms with E-state index < -0.39 is 11.7 Å². The number of carbonyl (C=O) groups is 1. The molecule has 25 heavy (non-hydrogen) atoms. The first-order valence-corrected chi connectivity index (χ1v) is 8.40. The summed E-state index contributed by atoms with van der Waals surface area (Å²) in [4.78, 5) is 16.0. The Morgan fingerprint density at radius 1 is 1.16 bits per heavy atom. The van der Waals surface area contributed by atoms with E-state index >= 15 is 0 Å². The number of fused-ring (bicyclic) bond motifs is 1. The van der Waals surface area contributed by atoms with E-state index in [4.69, 9.17) is 4.74 Å². The van der Waals surface area contributed by atoms with Gasteiger partial charge in [-0.15, -0.1) is 0 Å². The van der Waals surface area contributed by atoms with Gasteiger partial charge in [-0.25, -0.2) is 9.78 Å². The molecule has 0 aliphatic rings. The summed E-state index contributed by atoms with van der Waals surface area (Å²) < 4.78 is 7.29. The summed E-state index contributed by atoms with van der Waals surface area (Å²) >= 11 is 0. The first-order valence-electron chi connectivity index (χ1n) is 8.40. The van der Waals surface area contributed by atoms with Crippen LogP contribution in [0.1, 0.15) is 26.5 Å². The van der Waals surface area contributed by atoms with Crippen LogP contribution in [0.3, 0.4) is 0 Å². The quantitative estimate of drug-likeness (QED) is 0.780. The number of amides is 1. The van der Waals surface area contributed by atoms with E-state index in [1.165, 1.54) is 10.8 Å². The standard InChI is InChI=1S/C20H23N3O2/c1-20(2,3)25-19(24)22-11-10-18-13-21-14-23(18)17-9-8-15-6-4-5-7-16(15)12-17/h4-9,12-14H,10-11H2,1-3H3,(H,22,24). The lowest BCUT2D eigenvalue weighted by molar-refractivity contribution is 0.0528. The second-order valence-electron chi connectivity index (χ2n) is 6.97. The van der Waals surface area contributed by atoms with Gasteiger partial charge in [0.05, 0.1) is 6.33 Å². The van der Waals surface area contributed by atoms with Gasteiger partial charge >= 0.3 is 6.09 Å². The molecule has 130 valence electrons. The molecule has 0 spiro atoms. The molecule has 1 heterocycles. The van der Waals surface area contributed by atoms with Gasteiger partial charge in [-0.05, 0) is 43.7 Å². The summed E-state index contributed by atoms with van der Waals surface area (Å²) in [5.41, 5.74) is 1.60. The number of nitrogens with one attached hydrogen (secondary N) is 1. The number of ether oxygens (including phenoxy) is 1. The number of carbonyl (C=O) groups excluding carboxylic acids is 1. The monoisotopic (exact) mass is 337 g/mol. The van der Waals surface area contributed by atoms with E-state index in [0.717, 1.165) is 11.4 Å². The normalized spacial score (nSPS) is 11.5. The van der Waals surface area contributed by atoms with Gasteiger partial charge in [0.15, 0.2) is 0 Å². The Balaban J connectivity index is 1.69. The third-order valence-corrected chi connectivity index (χ3v) is 3.78. The van der Waals surface area contributed by atoms with Crippen LogP contribution in [-0.2, 0) is 11.2 Å². The average Bonchev–Trinajstić information content (AvgIpc) is 3.01. The Bertz CT molecular complexity index is 878. The number of alkyl carbamates (subject to hydrolysis) is 1. The van der Waals surface area contributed by atoms with Crippen LogP contribution in [-0.4, -0.2) is 27.8 Å². The minimum Gasteiger partial charge on any atom is -0.444 e. The van der Waals surface area contributed by atoms with E-state index in [0.29, 0.717) is 13.0 Å². The van der Waals surface area contributed by atoms with Crippen molar-refractivity contribution in [2.24, 2.45) is 0 Å². The predicted octanol–water partition coefficient (Wildman–Crippen LogP) is 4.09. The average molecular weight is 337 g/mol. The number of rotatable bonds is 4. The van der Waals surface area contributed by atoms with Gasteiger partial charge in [-0.2, -0.15) is 0 Å². The molecule has 0 aliphatic carbocycles. The molecule has 0 radical (unpaired) electrons. The van der Waals surface area contributed by atoms with Gasteiger partial charge in [-0.1, -0.05) is 30.3 Å². The van der Waals surface area contributed by atoms with Crippen LogP contribution in [0, 0.1) is 0 Å². The predicted molar refractivity (Wildman–Crippen MR) is 99.0 cm³/mol. The van der Waals surface area contributed by atoms with Crippen molar-refractivity contribution >= 4 is 16.9 Å². The lowest BCUT2D eigenvalue weighted by Gasteiger charge is -2.19. The molecular formula is C20H23N3O2. The molecular weight excluding hydrogens is 314 g/mol. The van der Waals surface area contributed by atoms with Crippen molar-refractivity contribution in [3.8, 4) is 5.69 Å². The van der Waals surface area contributed by atoms with Crippen molar-refractivity contribution in [3.05, 3.63) is 60.7 Å². The SMILES string of the molecule is CC(C)(C)OC(=O)NCCc1cncn1-c1ccc2ccccc2c1. The molecule has 1 aromatic heterocycles. The fraction of sp³-hybridized carbons (Fsp3) is 0.300. The van der Waals surface area contributed by atoms with Crippen LogP contribution in [0.4, 0.5) is 4.79 Å². The second-order valence-corrected chi connectivity index (χ2v) is 6.97. The maximum atomic E-state index is 11.7. The summed E-state index contributed by atoms with van der Waals surface area (Å²) in [6.45, 7) is 6.04. The zero-order valence-corrected chi connectivity index (χ0v) is 14.8. The van der Waals surface area contributed by atoms with E-state index in [9.17, 15) is 4.79 Å². The van der Waals surface area contributed by atoms with Crippen LogP contribution in [0.5, 0.6) is 0 Å². The third kappa shape index (κ3) is 4.38. The molecule has 0 fully saturated rings. The van der Waals surface area contributed by atoms with E-state index in [-0.39, 0.29) is 0 Å². The van der Waals surface area contributed by atoms with Crippen molar-refractivity contribution in [1.82, 2.24) is 14.9 Å². The van der Waals surface area contributed by atoms with Crippen molar-refractivity contribution in [2.75, 3.05) is 6.54 Å². The van der Waals surface area contributed by atoms with E-state index in [1.54, 1.807) is 6.33 Å². The largest absolute Gasteiger partial charge is 0.444 e. The summed E-state index contributed by atoms with van der Waals surface area (Å²) in [5.74, 6) is 0. The fourth-order valence-corrected chi connectivity index (χ4v) is 2.67. The van der Waals surface area contributed by atoms with E-state index in [2.05, 4.69) is 40.6 Å². The molecule has 3 rings (SSSR count). The highest BCUT2D eigenvalue weighted by Crippen LogP contribution is 2.19. The van der Waals surface area contributed by atoms with E-state index in [1.807, 2.05) is 43.7 Å². The van der Waals surface area contributed by atoms with Gasteiger partial charge in [0.1, 0.15) is 5.60 Å². The molecule has 0 saturated carbocycles. The van der Waals surface area contributed by atoms with Crippen molar-refractivity contribution in [3.63, 3.8) is 0 Å². The Labute approximate surface area is 147 Å². The zero-order chi connectivity index (χ0) is 17.9. The molecule has 0 unspecified atom stereocenters. The smallest absolute Gasteiger partial charge is 0.407 e. The van der Waals surface area contributed by atoms with Gasteiger partial charge in [0.2, 0.25) is 0 Å². The zero-order valence-electron chi connectivity index (χ0n) is 14.8. The number of nitrogens with zero attached hydrogens (tertiary/aromatic N) is 2. The minimum absolute atomic E-state index is 0.399. The highest BCUT2D eigenvalue weighted by Gasteiger charge is 2.15. The maximum absolute atomic E-state index is 11.7. The molecule has 5 heteroatoms. The molecule has 1 amide bonds. The van der Waals surface area contributed by atoms with Crippen molar-refractivity contribution in [2.45, 2.75) is 32.8 Å². The Morgan fingerprint density at radius 3 is 2.68 bits per heavy atom. The summed E-state index contributed by atoms with van der Waals surface area (Å²) in [7, 11) is 0. The first kappa shape index (κ1) is 17.0. The summed E-state index contributed by atoms with van der Waals surface area (Å²) in [6.07, 6.45) is 3.90. The van der Waals surface area contributed by atoms with Gasteiger partial charge in [0.25, 0.3) is 0 Å². The van der Waals surface area contributed by atoms with Crippen molar-refractivity contribution < 1.29 is 9.53 Å². The lowest BCUT2D eigenvalue weighted by Crippen LogP contribution is -2.33. The van der Waals surface area contributed by atoms with Crippen molar-refractivity contribution in [1.29, 1.82) is 0 Å². The molecule has 3 aromatic rings. The number of imidazole rings is 1. The molecule has 5 nitrogen and oxygen atoms in total. The van der Waals surface area contributed by atoms with Crippen LogP contribution in [0.2, 0.25) is 0 Å². The highest BCUT2D eigenvalue weighted by molar-refractivity contribution is 5.84. The number of hydrogen-bond donors (Lipinski definition) is 1. The number of benzene rings is 2. The van der Waals surface area contributed by atoms with Crippen LogP contribution in [0.25, 0.3) is 16.5 Å². The highest BCUT2D eigenvalue weighted by atomic mass is 16.6. The fourth-order valence-electron chi connectivity index (χ4n) is 2.67. The first-order chi connectivity index (χ1) is 11.9. The molecule has 0 saturated heterocycles. The molecule has 0 atom stereocenters. The minimum atomic E-state index is -0.489. The Kier molecular flexibility index (Phi) is 4.74. The van der Waals surface area contributed by atoms with Crippen LogP contribution >= 0.6 is 0 Å². The van der Waals surface area contributed by atoms with Crippen LogP contribution in [0.15, 0.2) is 55.0 Å². The van der Waals surface area contributed by atoms with Crippen LogP contribution < -0.4 is 5.32 Å². The van der Waals surface area contributed by atoms with Gasteiger partial charge in [0, 0.05) is 30.5 Å². The summed E-state index contributed by atoms with van der Waals surface area (Å²) in [5, 5.41) is 5.18. The number of aromatic nitrogens is 2. The van der Waals surface area contributed by atoms with Gasteiger partial charge in [-0.3, -0.25) is 0 Å². The van der Waals surface area contributed by atoms with Gasteiger partial charge < -0.3 is 14.6 Å². The topological polar surface area (TPSA) is 56.1 Å². The lowest BCUT2D eigenvalue weighted by atomic mass is 10.1. The third-order valence-electron chi connectivity index (χ3n) is 3.78. The maximum Gasteiger partial charge on any atom is 0.407 e.